The zero-order valence-electron chi connectivity index (χ0n) is 17.1. The largest absolute Gasteiger partial charge is 0.508 e. The third-order valence-corrected chi connectivity index (χ3v) is 4.58. The van der Waals surface area contributed by atoms with Crippen molar-refractivity contribution in [2.45, 2.75) is 0 Å². The lowest BCUT2D eigenvalue weighted by molar-refractivity contribution is 0.474. The van der Waals surface area contributed by atoms with Crippen LogP contribution in [-0.2, 0) is 0 Å². The van der Waals surface area contributed by atoms with Crippen molar-refractivity contribution in [2.24, 2.45) is 0 Å². The molecule has 0 aliphatic rings. The number of hydrogen-bond acceptors (Lipinski definition) is 2. The molecule has 32 heavy (non-hydrogen) atoms. The van der Waals surface area contributed by atoms with E-state index in [1.165, 1.54) is 0 Å². The molecule has 0 aliphatic carbocycles. The molecular weight excluding hydrogens is 392 g/mol. The molecule has 0 fully saturated rings. The van der Waals surface area contributed by atoms with Gasteiger partial charge in [-0.1, -0.05) is 65.9 Å². The smallest absolute Gasteiger partial charge is 0.116 e. The number of rotatable bonds is 0. The monoisotopic (exact) mass is 410 g/mol. The fraction of sp³-hybridized carbons (Fsp3) is 0. The summed E-state index contributed by atoms with van der Waals surface area (Å²) in [6.07, 6.45) is 0. The van der Waals surface area contributed by atoms with Gasteiger partial charge >= 0.3 is 0 Å². The molecule has 0 aromatic heterocycles. The number of benzene rings is 4. The second-order valence-electron chi connectivity index (χ2n) is 6.94. The molecule has 0 unspecified atom stereocenters. The normalized spacial score (nSPS) is 9.38. The van der Waals surface area contributed by atoms with E-state index in [4.69, 9.17) is 0 Å². The second-order valence-corrected chi connectivity index (χ2v) is 6.94. The second kappa shape index (κ2) is 9.77. The van der Waals surface area contributed by atoms with Crippen LogP contribution in [-0.4, -0.2) is 10.2 Å². The molecule has 150 valence electrons. The van der Waals surface area contributed by atoms with Crippen molar-refractivity contribution in [2.75, 3.05) is 0 Å². The molecule has 4 rings (SSSR count). The molecule has 2 heteroatoms. The Bertz CT molecular complexity index is 1440. The predicted octanol–water partition coefficient (Wildman–Crippen LogP) is 5.30. The van der Waals surface area contributed by atoms with Gasteiger partial charge in [0.1, 0.15) is 11.5 Å². The van der Waals surface area contributed by atoms with E-state index in [9.17, 15) is 10.2 Å². The van der Waals surface area contributed by atoms with Crippen LogP contribution in [0.5, 0.6) is 11.5 Å². The lowest BCUT2D eigenvalue weighted by atomic mass is 10.0. The summed E-state index contributed by atoms with van der Waals surface area (Å²) < 4.78 is 0. The van der Waals surface area contributed by atoms with Gasteiger partial charge in [0.15, 0.2) is 0 Å². The zero-order chi connectivity index (χ0) is 22.2. The molecular formula is C30H18O2. The van der Waals surface area contributed by atoms with Crippen LogP contribution in [0.1, 0.15) is 33.4 Å². The van der Waals surface area contributed by atoms with Gasteiger partial charge < -0.3 is 10.2 Å². The van der Waals surface area contributed by atoms with E-state index in [-0.39, 0.29) is 11.5 Å². The summed E-state index contributed by atoms with van der Waals surface area (Å²) in [4.78, 5) is 0. The fourth-order valence-corrected chi connectivity index (χ4v) is 2.94. The molecule has 0 heterocycles. The Morgan fingerprint density at radius 3 is 1.34 bits per heavy atom. The molecule has 4 aromatic rings. The third kappa shape index (κ3) is 5.40. The SMILES string of the molecule is Oc1ccc(C#Cc2ccccc2C#Cc2ccccc2C#Cc2cccc(O)c2)cc1. The highest BCUT2D eigenvalue weighted by molar-refractivity contribution is 5.58. The molecule has 0 radical (unpaired) electrons. The van der Waals surface area contributed by atoms with E-state index < -0.39 is 0 Å². The van der Waals surface area contributed by atoms with Gasteiger partial charge in [-0.25, -0.2) is 0 Å². The number of hydrogen-bond donors (Lipinski definition) is 2. The molecule has 0 aliphatic heterocycles. The standard InChI is InChI=1S/C30H18O2/c31-29-20-14-23(15-21-29)12-16-25-7-1-3-9-27(25)18-19-28-10-4-2-8-26(28)17-13-24-6-5-11-30(32)22-24/h1-11,14-15,20-22,31-32H. The maximum Gasteiger partial charge on any atom is 0.116 e. The summed E-state index contributed by atoms with van der Waals surface area (Å²) in [5.41, 5.74) is 4.85. The summed E-state index contributed by atoms with van der Waals surface area (Å²) in [6.45, 7) is 0. The van der Waals surface area contributed by atoms with Crippen molar-refractivity contribution in [3.63, 3.8) is 0 Å². The number of aromatic hydroxyl groups is 2. The first kappa shape index (κ1) is 20.4. The highest BCUT2D eigenvalue weighted by Gasteiger charge is 1.98. The molecule has 2 nitrogen and oxygen atoms in total. The van der Waals surface area contributed by atoms with Gasteiger partial charge in [-0.2, -0.15) is 0 Å². The highest BCUT2D eigenvalue weighted by Crippen LogP contribution is 2.12. The molecule has 0 saturated heterocycles. The van der Waals surface area contributed by atoms with Crippen molar-refractivity contribution in [3.05, 3.63) is 130 Å². The Hall–Kier alpha value is -4.84. The average Bonchev–Trinajstić information content (AvgIpc) is 2.82. The van der Waals surface area contributed by atoms with E-state index in [1.807, 2.05) is 54.6 Å². The quantitative estimate of drug-likeness (QED) is 0.387. The Morgan fingerprint density at radius 2 is 0.844 bits per heavy atom. The van der Waals surface area contributed by atoms with Crippen molar-refractivity contribution >= 4 is 0 Å². The Balaban J connectivity index is 1.64. The van der Waals surface area contributed by atoms with Crippen LogP contribution in [0.2, 0.25) is 0 Å². The lowest BCUT2D eigenvalue weighted by Gasteiger charge is -1.98. The highest BCUT2D eigenvalue weighted by atomic mass is 16.3. The summed E-state index contributed by atoms with van der Waals surface area (Å²) in [5.74, 6) is 19.3. The van der Waals surface area contributed by atoms with Crippen LogP contribution in [0.4, 0.5) is 0 Å². The average molecular weight is 410 g/mol. The molecule has 0 atom stereocenters. The first-order valence-electron chi connectivity index (χ1n) is 9.99. The predicted molar refractivity (Wildman–Crippen MR) is 127 cm³/mol. The lowest BCUT2D eigenvalue weighted by Crippen LogP contribution is -1.86. The van der Waals surface area contributed by atoms with Crippen molar-refractivity contribution in [3.8, 4) is 47.0 Å². The summed E-state index contributed by atoms with van der Waals surface area (Å²) in [5, 5.41) is 19.0. The van der Waals surface area contributed by atoms with Crippen molar-refractivity contribution in [1.29, 1.82) is 0 Å². The maximum absolute atomic E-state index is 9.62. The third-order valence-electron chi connectivity index (χ3n) is 4.58. The minimum atomic E-state index is 0.190. The minimum absolute atomic E-state index is 0.190. The van der Waals surface area contributed by atoms with Gasteiger partial charge in [-0.05, 0) is 66.7 Å². The summed E-state index contributed by atoms with van der Waals surface area (Å²) >= 11 is 0. The van der Waals surface area contributed by atoms with Crippen LogP contribution in [0.25, 0.3) is 0 Å². The van der Waals surface area contributed by atoms with Crippen LogP contribution < -0.4 is 0 Å². The van der Waals surface area contributed by atoms with Gasteiger partial charge in [0.25, 0.3) is 0 Å². The number of phenolic OH excluding ortho intramolecular Hbond substituents is 2. The molecule has 4 aromatic carbocycles. The summed E-state index contributed by atoms with van der Waals surface area (Å²) in [6, 6.07) is 29.1. The molecule has 0 amide bonds. The van der Waals surface area contributed by atoms with Gasteiger partial charge in [-0.3, -0.25) is 0 Å². The Morgan fingerprint density at radius 1 is 0.375 bits per heavy atom. The van der Waals surface area contributed by atoms with E-state index >= 15 is 0 Å². The van der Waals surface area contributed by atoms with E-state index in [2.05, 4.69) is 35.5 Å². The Labute approximate surface area is 187 Å². The van der Waals surface area contributed by atoms with E-state index in [1.54, 1.807) is 42.5 Å². The minimum Gasteiger partial charge on any atom is -0.508 e. The first-order valence-corrected chi connectivity index (χ1v) is 9.99. The topological polar surface area (TPSA) is 40.5 Å². The Kier molecular flexibility index (Phi) is 6.24. The van der Waals surface area contributed by atoms with Gasteiger partial charge in [0.2, 0.25) is 0 Å². The summed E-state index contributed by atoms with van der Waals surface area (Å²) in [7, 11) is 0. The molecule has 0 spiro atoms. The van der Waals surface area contributed by atoms with Crippen LogP contribution in [0.15, 0.2) is 97.1 Å². The van der Waals surface area contributed by atoms with Crippen LogP contribution in [0.3, 0.4) is 0 Å². The zero-order valence-corrected chi connectivity index (χ0v) is 17.1. The fourth-order valence-electron chi connectivity index (χ4n) is 2.94. The van der Waals surface area contributed by atoms with Crippen molar-refractivity contribution in [1.82, 2.24) is 0 Å². The van der Waals surface area contributed by atoms with E-state index in [0.29, 0.717) is 0 Å². The number of phenols is 2. The van der Waals surface area contributed by atoms with Crippen LogP contribution >= 0.6 is 0 Å². The van der Waals surface area contributed by atoms with Gasteiger partial charge in [-0.15, -0.1) is 0 Å². The van der Waals surface area contributed by atoms with E-state index in [0.717, 1.165) is 33.4 Å². The van der Waals surface area contributed by atoms with Gasteiger partial charge in [0.05, 0.1) is 0 Å². The van der Waals surface area contributed by atoms with Crippen molar-refractivity contribution < 1.29 is 10.2 Å². The van der Waals surface area contributed by atoms with Gasteiger partial charge in [0, 0.05) is 33.4 Å². The molecule has 2 N–H and O–H groups in total. The molecule has 0 bridgehead atoms. The molecule has 0 saturated carbocycles. The maximum atomic E-state index is 9.62. The first-order chi connectivity index (χ1) is 15.7. The van der Waals surface area contributed by atoms with Crippen LogP contribution in [0, 0.1) is 35.5 Å².